The van der Waals surface area contributed by atoms with Crippen molar-refractivity contribution in [1.82, 2.24) is 14.5 Å². The zero-order chi connectivity index (χ0) is 21.6. The molecule has 3 amide bonds. The lowest BCUT2D eigenvalue weighted by Crippen LogP contribution is -2.51. The number of carbonyl (C=O) groups is 2. The molecule has 1 saturated heterocycles. The molecule has 1 heterocycles. The Morgan fingerprint density at radius 3 is 2.21 bits per heavy atom. The lowest BCUT2D eigenvalue weighted by molar-refractivity contribution is 0.100. The molecule has 2 aliphatic rings. The van der Waals surface area contributed by atoms with Crippen LogP contribution in [0.4, 0.5) is 16.2 Å². The molecule has 0 spiro atoms. The van der Waals surface area contributed by atoms with Crippen LogP contribution in [0, 0.1) is 0 Å². The van der Waals surface area contributed by atoms with E-state index in [-0.39, 0.29) is 22.2 Å². The van der Waals surface area contributed by atoms with Crippen LogP contribution in [0.2, 0.25) is 0 Å². The van der Waals surface area contributed by atoms with E-state index in [0.29, 0.717) is 31.9 Å². The number of hydrogen-bond acceptors (Lipinski definition) is 6. The summed E-state index contributed by atoms with van der Waals surface area (Å²) in [6.07, 6.45) is 1.52. The van der Waals surface area contributed by atoms with E-state index < -0.39 is 21.5 Å². The maximum Gasteiger partial charge on any atom is 0.319 e. The number of nitrogens with zero attached hydrogens (tertiary/aromatic N) is 3. The number of nitrogens with two attached hydrogens (primary N) is 2. The third kappa shape index (κ3) is 4.40. The van der Waals surface area contributed by atoms with E-state index in [9.17, 15) is 18.0 Å². The van der Waals surface area contributed by atoms with Crippen LogP contribution in [0.3, 0.4) is 0 Å². The molecule has 1 aromatic carbocycles. The molecule has 1 aromatic rings. The normalized spacial score (nSPS) is 18.4. The van der Waals surface area contributed by atoms with E-state index >= 15 is 0 Å². The topological polar surface area (TPSA) is 142 Å². The number of rotatable bonds is 5. The summed E-state index contributed by atoms with van der Waals surface area (Å²) in [7, 11) is -0.460. The minimum absolute atomic E-state index is 0.0318. The number of urea groups is 1. The maximum atomic E-state index is 12.8. The van der Waals surface area contributed by atoms with Crippen LogP contribution in [0.25, 0.3) is 0 Å². The Morgan fingerprint density at radius 2 is 1.72 bits per heavy atom. The first-order valence-corrected chi connectivity index (χ1v) is 10.9. The summed E-state index contributed by atoms with van der Waals surface area (Å²) in [4.78, 5) is 29.1. The molecule has 3 rings (SSSR count). The van der Waals surface area contributed by atoms with E-state index in [4.69, 9.17) is 11.5 Å². The Kier molecular flexibility index (Phi) is 5.39. The van der Waals surface area contributed by atoms with Gasteiger partial charge in [-0.1, -0.05) is 0 Å². The lowest BCUT2D eigenvalue weighted by atomic mass is 10.1. The molecule has 29 heavy (non-hydrogen) atoms. The third-order valence-electron chi connectivity index (χ3n) is 5.36. The highest BCUT2D eigenvalue weighted by Gasteiger charge is 2.41. The summed E-state index contributed by atoms with van der Waals surface area (Å²) in [6, 6.07) is 2.61. The van der Waals surface area contributed by atoms with Gasteiger partial charge in [0.2, 0.25) is 10.0 Å². The highest BCUT2D eigenvalue weighted by molar-refractivity contribution is 7.89. The molecule has 1 saturated carbocycles. The number of carbonyl (C=O) groups excluding carboxylic acids is 2. The van der Waals surface area contributed by atoms with Crippen molar-refractivity contribution >= 4 is 33.3 Å². The summed E-state index contributed by atoms with van der Waals surface area (Å²) >= 11 is 0. The van der Waals surface area contributed by atoms with Gasteiger partial charge in [0.1, 0.15) is 0 Å². The predicted molar refractivity (Wildman–Crippen MR) is 110 cm³/mol. The van der Waals surface area contributed by atoms with Gasteiger partial charge in [0.05, 0.1) is 21.8 Å². The van der Waals surface area contributed by atoms with Crippen LogP contribution in [0.5, 0.6) is 0 Å². The molecule has 1 aliphatic carbocycles. The summed E-state index contributed by atoms with van der Waals surface area (Å²) in [5, 5.41) is 0. The fourth-order valence-corrected chi connectivity index (χ4v) is 4.84. The predicted octanol–water partition coefficient (Wildman–Crippen LogP) is 0.00210. The number of anilines is 2. The molecule has 0 unspecified atom stereocenters. The van der Waals surface area contributed by atoms with Gasteiger partial charge in [-0.3, -0.25) is 4.79 Å². The van der Waals surface area contributed by atoms with E-state index in [1.165, 1.54) is 17.0 Å². The van der Waals surface area contributed by atoms with E-state index in [0.717, 1.165) is 12.8 Å². The molecule has 0 radical (unpaired) electrons. The van der Waals surface area contributed by atoms with Gasteiger partial charge in [-0.15, -0.1) is 0 Å². The van der Waals surface area contributed by atoms with Gasteiger partial charge < -0.3 is 26.2 Å². The molecule has 10 nitrogen and oxygen atoms in total. The fourth-order valence-electron chi connectivity index (χ4n) is 3.33. The highest BCUT2D eigenvalue weighted by atomic mass is 32.2. The van der Waals surface area contributed by atoms with Crippen LogP contribution in [-0.2, 0) is 10.0 Å². The summed E-state index contributed by atoms with van der Waals surface area (Å²) < 4.78 is 28.4. The average Bonchev–Trinajstić information content (AvgIpc) is 3.36. The average molecular weight is 425 g/mol. The standard InChI is InChI=1S/C18H28N6O4S/c1-18(4-5-18)21-29(27,28)12-10-13(16(20)25)15(19)14(11-12)23-6-8-24(9-7-23)17(26)22(2)3/h10-11,21H,4-9,19H2,1-3H3,(H2,20,25). The highest BCUT2D eigenvalue weighted by Crippen LogP contribution is 2.37. The molecule has 2 fully saturated rings. The van der Waals surface area contributed by atoms with Crippen molar-refractivity contribution < 1.29 is 18.0 Å². The Labute approximate surface area is 170 Å². The van der Waals surface area contributed by atoms with Crippen molar-refractivity contribution in [2.24, 2.45) is 5.73 Å². The second-order valence-corrected chi connectivity index (χ2v) is 9.77. The number of nitrogen functional groups attached to an aromatic ring is 1. The number of nitrogens with one attached hydrogen (secondary N) is 1. The summed E-state index contributed by atoms with van der Waals surface area (Å²) in [6.45, 7) is 3.65. The van der Waals surface area contributed by atoms with Crippen molar-refractivity contribution in [2.45, 2.75) is 30.2 Å². The van der Waals surface area contributed by atoms with Crippen LogP contribution < -0.4 is 21.1 Å². The maximum absolute atomic E-state index is 12.8. The molecule has 5 N–H and O–H groups in total. The second-order valence-electron chi connectivity index (χ2n) is 8.09. The molecule has 160 valence electrons. The van der Waals surface area contributed by atoms with E-state index in [1.807, 2.05) is 11.8 Å². The van der Waals surface area contributed by atoms with Crippen LogP contribution in [-0.4, -0.2) is 76.0 Å². The van der Waals surface area contributed by atoms with Crippen LogP contribution in [0.15, 0.2) is 17.0 Å². The second kappa shape index (κ2) is 7.38. The van der Waals surface area contributed by atoms with Gasteiger partial charge >= 0.3 is 6.03 Å². The van der Waals surface area contributed by atoms with Crippen molar-refractivity contribution in [3.8, 4) is 0 Å². The fraction of sp³-hybridized carbons (Fsp3) is 0.556. The first-order chi connectivity index (χ1) is 13.4. The third-order valence-corrected chi connectivity index (χ3v) is 6.98. The zero-order valence-electron chi connectivity index (χ0n) is 16.9. The Hall–Kier alpha value is -2.53. The zero-order valence-corrected chi connectivity index (χ0v) is 17.8. The smallest absolute Gasteiger partial charge is 0.319 e. The minimum atomic E-state index is -3.84. The van der Waals surface area contributed by atoms with Crippen molar-refractivity contribution in [3.05, 3.63) is 17.7 Å². The number of benzene rings is 1. The minimum Gasteiger partial charge on any atom is -0.396 e. The molecule has 0 bridgehead atoms. The van der Waals surface area contributed by atoms with Gasteiger partial charge in [0.15, 0.2) is 0 Å². The van der Waals surface area contributed by atoms with Gasteiger partial charge in [-0.25, -0.2) is 17.9 Å². The SMILES string of the molecule is CN(C)C(=O)N1CCN(c2cc(S(=O)(=O)NC3(C)CC3)cc(C(N)=O)c2N)CC1. The van der Waals surface area contributed by atoms with Gasteiger partial charge in [0, 0.05) is 45.8 Å². The molecule has 0 atom stereocenters. The van der Waals surface area contributed by atoms with Crippen molar-refractivity contribution in [1.29, 1.82) is 0 Å². The van der Waals surface area contributed by atoms with E-state index in [1.54, 1.807) is 19.0 Å². The number of primary amides is 1. The summed E-state index contributed by atoms with van der Waals surface area (Å²) in [5.74, 6) is -0.792. The van der Waals surface area contributed by atoms with Crippen LogP contribution in [0.1, 0.15) is 30.1 Å². The first-order valence-electron chi connectivity index (χ1n) is 9.42. The van der Waals surface area contributed by atoms with Crippen molar-refractivity contribution in [3.63, 3.8) is 0 Å². The number of amides is 3. The Morgan fingerprint density at radius 1 is 1.14 bits per heavy atom. The Balaban J connectivity index is 1.91. The number of piperazine rings is 1. The van der Waals surface area contributed by atoms with Crippen LogP contribution >= 0.6 is 0 Å². The quantitative estimate of drug-likeness (QED) is 0.568. The summed E-state index contributed by atoms with van der Waals surface area (Å²) in [5.41, 5.74) is 11.7. The molecule has 1 aliphatic heterocycles. The van der Waals surface area contributed by atoms with Gasteiger partial charge in [0.25, 0.3) is 5.91 Å². The monoisotopic (exact) mass is 424 g/mol. The molecular formula is C18H28N6O4S. The van der Waals surface area contributed by atoms with Gasteiger partial charge in [-0.2, -0.15) is 0 Å². The molecular weight excluding hydrogens is 396 g/mol. The van der Waals surface area contributed by atoms with Gasteiger partial charge in [-0.05, 0) is 31.9 Å². The first kappa shape index (κ1) is 21.2. The Bertz CT molecular complexity index is 934. The molecule has 0 aromatic heterocycles. The lowest BCUT2D eigenvalue weighted by Gasteiger charge is -2.37. The number of sulfonamides is 1. The van der Waals surface area contributed by atoms with Crippen molar-refractivity contribution in [2.75, 3.05) is 50.9 Å². The van der Waals surface area contributed by atoms with E-state index in [2.05, 4.69) is 4.72 Å². The largest absolute Gasteiger partial charge is 0.396 e. The molecule has 11 heteroatoms. The number of hydrogen-bond donors (Lipinski definition) is 3.